The van der Waals surface area contributed by atoms with Gasteiger partial charge in [0.2, 0.25) is 0 Å². The number of phenols is 1. The number of hydrogen-bond acceptors (Lipinski definition) is 8. The number of hydrogen-bond donors (Lipinski definition) is 2. The van der Waals surface area contributed by atoms with E-state index in [1.54, 1.807) is 13.1 Å². The van der Waals surface area contributed by atoms with Gasteiger partial charge in [-0.1, -0.05) is 19.9 Å². The summed E-state index contributed by atoms with van der Waals surface area (Å²) in [5.74, 6) is -2.20. The van der Waals surface area contributed by atoms with Crippen LogP contribution in [0.5, 0.6) is 11.5 Å². The van der Waals surface area contributed by atoms with E-state index in [2.05, 4.69) is 20.3 Å². The van der Waals surface area contributed by atoms with Crippen LogP contribution in [0.25, 0.3) is 28.0 Å². The summed E-state index contributed by atoms with van der Waals surface area (Å²) in [7, 11) is 0. The van der Waals surface area contributed by atoms with Gasteiger partial charge < -0.3 is 20.1 Å². The SMILES string of the molecule is Cc1nccc(C(C)C)c1-n1c(=O)nc2c3c(c(F)c(-c4c(O)cccc4F)nc31)OC[C@H]1CNCCN21. The van der Waals surface area contributed by atoms with Crippen molar-refractivity contribution in [1.82, 2.24) is 24.8 Å². The van der Waals surface area contributed by atoms with E-state index < -0.39 is 34.3 Å². The molecule has 3 aromatic heterocycles. The monoisotopic (exact) mass is 520 g/mol. The molecule has 4 aromatic rings. The highest BCUT2D eigenvalue weighted by molar-refractivity contribution is 5.97. The van der Waals surface area contributed by atoms with Crippen LogP contribution in [0, 0.1) is 18.6 Å². The molecule has 0 spiro atoms. The van der Waals surface area contributed by atoms with Crippen LogP contribution >= 0.6 is 0 Å². The summed E-state index contributed by atoms with van der Waals surface area (Å²) in [6, 6.07) is 5.28. The van der Waals surface area contributed by atoms with Crippen LogP contribution in [0.4, 0.5) is 14.6 Å². The number of aromatic nitrogens is 4. The summed E-state index contributed by atoms with van der Waals surface area (Å²) in [5, 5.41) is 14.0. The molecule has 6 rings (SSSR count). The summed E-state index contributed by atoms with van der Waals surface area (Å²) in [6.07, 6.45) is 1.66. The fourth-order valence-corrected chi connectivity index (χ4v) is 5.34. The molecule has 0 radical (unpaired) electrons. The summed E-state index contributed by atoms with van der Waals surface area (Å²) in [5.41, 5.74) is 0.382. The minimum absolute atomic E-state index is 0.00723. The Hall–Kier alpha value is -4.12. The predicted molar refractivity (Wildman–Crippen MR) is 138 cm³/mol. The molecule has 5 heterocycles. The van der Waals surface area contributed by atoms with Crippen LogP contribution in [0.1, 0.15) is 31.0 Å². The van der Waals surface area contributed by atoms with Crippen molar-refractivity contribution >= 4 is 16.9 Å². The van der Waals surface area contributed by atoms with E-state index in [0.717, 1.165) is 11.6 Å². The van der Waals surface area contributed by atoms with E-state index in [1.165, 1.54) is 16.7 Å². The lowest BCUT2D eigenvalue weighted by atomic mass is 10.0. The first-order valence-corrected chi connectivity index (χ1v) is 12.5. The maximum absolute atomic E-state index is 16.2. The molecule has 0 unspecified atom stereocenters. The Morgan fingerprint density at radius 2 is 2.03 bits per heavy atom. The number of piperazine rings is 1. The van der Waals surface area contributed by atoms with Gasteiger partial charge in [-0.3, -0.25) is 4.98 Å². The third-order valence-electron chi connectivity index (χ3n) is 7.16. The lowest BCUT2D eigenvalue weighted by molar-refractivity contribution is 0.264. The van der Waals surface area contributed by atoms with Crippen LogP contribution in [-0.4, -0.2) is 56.9 Å². The molecule has 2 aliphatic rings. The number of nitrogens with zero attached hydrogens (tertiary/aromatic N) is 5. The summed E-state index contributed by atoms with van der Waals surface area (Å²) >= 11 is 0. The Kier molecular flexibility index (Phi) is 5.75. The molecule has 1 atom stereocenters. The molecule has 0 saturated carbocycles. The number of benzene rings is 1. The zero-order chi connectivity index (χ0) is 26.7. The van der Waals surface area contributed by atoms with Crippen molar-refractivity contribution in [2.24, 2.45) is 0 Å². The molecule has 9 nitrogen and oxygen atoms in total. The summed E-state index contributed by atoms with van der Waals surface area (Å²) < 4.78 is 38.5. The zero-order valence-electron chi connectivity index (χ0n) is 21.1. The molecule has 2 N–H and O–H groups in total. The van der Waals surface area contributed by atoms with Crippen LogP contribution in [-0.2, 0) is 0 Å². The molecule has 38 heavy (non-hydrogen) atoms. The number of nitrogens with one attached hydrogen (secondary N) is 1. The van der Waals surface area contributed by atoms with E-state index in [9.17, 15) is 14.3 Å². The highest BCUT2D eigenvalue weighted by Crippen LogP contribution is 2.43. The Morgan fingerprint density at radius 1 is 1.21 bits per heavy atom. The van der Waals surface area contributed by atoms with Gasteiger partial charge in [-0.2, -0.15) is 4.98 Å². The molecular formula is C27H26F2N6O3. The lowest BCUT2D eigenvalue weighted by Gasteiger charge is -2.35. The average molecular weight is 521 g/mol. The molecule has 1 aromatic carbocycles. The van der Waals surface area contributed by atoms with Crippen LogP contribution in [0.3, 0.4) is 0 Å². The van der Waals surface area contributed by atoms with Gasteiger partial charge in [0.25, 0.3) is 0 Å². The number of aromatic hydroxyl groups is 1. The number of halogens is 2. The van der Waals surface area contributed by atoms with Gasteiger partial charge in [-0.05, 0) is 36.6 Å². The maximum Gasteiger partial charge on any atom is 0.355 e. The Labute approximate surface area is 216 Å². The molecule has 2 aliphatic heterocycles. The minimum Gasteiger partial charge on any atom is -0.507 e. The van der Waals surface area contributed by atoms with Crippen molar-refractivity contribution in [3.05, 3.63) is 63.8 Å². The number of aryl methyl sites for hydroxylation is 1. The predicted octanol–water partition coefficient (Wildman–Crippen LogP) is 3.43. The molecule has 1 saturated heterocycles. The van der Waals surface area contributed by atoms with E-state index in [1.807, 2.05) is 24.8 Å². The summed E-state index contributed by atoms with van der Waals surface area (Å²) in [6.45, 7) is 7.57. The smallest absolute Gasteiger partial charge is 0.355 e. The van der Waals surface area contributed by atoms with Crippen molar-refractivity contribution in [2.75, 3.05) is 31.1 Å². The first-order chi connectivity index (χ1) is 18.3. The highest BCUT2D eigenvalue weighted by atomic mass is 19.1. The molecule has 0 amide bonds. The van der Waals surface area contributed by atoms with Crippen LogP contribution < -0.4 is 20.6 Å². The molecule has 0 bridgehead atoms. The van der Waals surface area contributed by atoms with Crippen LogP contribution in [0.2, 0.25) is 0 Å². The third kappa shape index (κ3) is 3.60. The fourth-order valence-electron chi connectivity index (χ4n) is 5.34. The molecule has 11 heteroatoms. The molecule has 0 aliphatic carbocycles. The number of phenolic OH excluding ortho intramolecular Hbond substituents is 1. The molecular weight excluding hydrogens is 494 g/mol. The van der Waals surface area contributed by atoms with Gasteiger partial charge in [0.05, 0.1) is 23.0 Å². The normalized spacial score (nSPS) is 16.9. The highest BCUT2D eigenvalue weighted by Gasteiger charge is 2.35. The van der Waals surface area contributed by atoms with Gasteiger partial charge in [0, 0.05) is 25.8 Å². The van der Waals surface area contributed by atoms with Crippen molar-refractivity contribution in [2.45, 2.75) is 32.7 Å². The second-order valence-corrected chi connectivity index (χ2v) is 9.84. The summed E-state index contributed by atoms with van der Waals surface area (Å²) in [4.78, 5) is 29.1. The lowest BCUT2D eigenvalue weighted by Crippen LogP contribution is -2.54. The first kappa shape index (κ1) is 24.2. The van der Waals surface area contributed by atoms with Gasteiger partial charge in [-0.25, -0.2) is 23.1 Å². The largest absolute Gasteiger partial charge is 0.507 e. The van der Waals surface area contributed by atoms with Crippen molar-refractivity contribution in [3.8, 4) is 28.4 Å². The van der Waals surface area contributed by atoms with Crippen molar-refractivity contribution in [1.29, 1.82) is 0 Å². The van der Waals surface area contributed by atoms with Gasteiger partial charge in [-0.15, -0.1) is 0 Å². The average Bonchev–Trinajstić information content (AvgIpc) is 3.05. The standard InChI is InChI=1S/C27H26F2N6O3/c1-13(2)16-7-8-31-14(3)23(16)35-26-20-24(21(29)22(32-26)19-17(28)5-4-6-18(19)36)38-12-15-11-30-9-10-34(15)25(20)33-27(35)37/h4-8,13,15,30,36H,9-12H2,1-3H3/t15-/m1/s1. The quantitative estimate of drug-likeness (QED) is 0.424. The number of ether oxygens (including phenoxy) is 1. The second kappa shape index (κ2) is 9.02. The molecule has 196 valence electrons. The van der Waals surface area contributed by atoms with Gasteiger partial charge >= 0.3 is 5.69 Å². The number of anilines is 1. The van der Waals surface area contributed by atoms with Crippen molar-refractivity contribution in [3.63, 3.8) is 0 Å². The van der Waals surface area contributed by atoms with E-state index in [-0.39, 0.29) is 41.2 Å². The second-order valence-electron chi connectivity index (χ2n) is 9.84. The number of rotatable bonds is 3. The fraction of sp³-hybridized carbons (Fsp3) is 0.333. The topological polar surface area (TPSA) is 105 Å². The van der Waals surface area contributed by atoms with Gasteiger partial charge in [0.1, 0.15) is 35.1 Å². The minimum atomic E-state index is -0.939. The van der Waals surface area contributed by atoms with E-state index >= 15 is 4.39 Å². The number of pyridine rings is 2. The van der Waals surface area contributed by atoms with Crippen molar-refractivity contribution < 1.29 is 18.6 Å². The van der Waals surface area contributed by atoms with E-state index in [4.69, 9.17) is 4.74 Å². The van der Waals surface area contributed by atoms with E-state index in [0.29, 0.717) is 31.0 Å². The Morgan fingerprint density at radius 3 is 2.79 bits per heavy atom. The number of fused-ring (bicyclic) bond motifs is 2. The third-order valence-corrected chi connectivity index (χ3v) is 7.16. The Balaban J connectivity index is 1.80. The Bertz CT molecular complexity index is 1630. The maximum atomic E-state index is 16.2. The molecule has 1 fully saturated rings. The first-order valence-electron chi connectivity index (χ1n) is 12.5. The van der Waals surface area contributed by atoms with Crippen LogP contribution in [0.15, 0.2) is 35.3 Å². The zero-order valence-corrected chi connectivity index (χ0v) is 21.1. The van der Waals surface area contributed by atoms with Gasteiger partial charge in [0.15, 0.2) is 17.2 Å².